The van der Waals surface area contributed by atoms with Gasteiger partial charge in [0, 0.05) is 10.5 Å². The fourth-order valence-corrected chi connectivity index (χ4v) is 3.33. The van der Waals surface area contributed by atoms with Gasteiger partial charge in [-0.3, -0.25) is 0 Å². The smallest absolute Gasteiger partial charge is 0.171 e. The molecule has 4 nitrogen and oxygen atoms in total. The van der Waals surface area contributed by atoms with Gasteiger partial charge < -0.3 is 14.8 Å². The van der Waals surface area contributed by atoms with Crippen molar-refractivity contribution in [1.82, 2.24) is 9.97 Å². The van der Waals surface area contributed by atoms with Crippen LogP contribution >= 0.6 is 11.8 Å². The SMILES string of the molecule is COc1cccc(Sc2nc3ccccc3[nH]2)c1[C@H](C)O. The van der Waals surface area contributed by atoms with Gasteiger partial charge in [-0.05, 0) is 31.2 Å². The van der Waals surface area contributed by atoms with E-state index in [9.17, 15) is 5.11 Å². The average molecular weight is 300 g/mol. The zero-order valence-electron chi connectivity index (χ0n) is 11.8. The van der Waals surface area contributed by atoms with Gasteiger partial charge in [-0.2, -0.15) is 0 Å². The number of para-hydroxylation sites is 2. The van der Waals surface area contributed by atoms with Gasteiger partial charge in [0.05, 0.1) is 24.2 Å². The largest absolute Gasteiger partial charge is 0.496 e. The molecule has 21 heavy (non-hydrogen) atoms. The Bertz CT molecular complexity index is 735. The molecule has 3 aromatic rings. The van der Waals surface area contributed by atoms with Crippen LogP contribution in [0.5, 0.6) is 5.75 Å². The van der Waals surface area contributed by atoms with Crippen molar-refractivity contribution < 1.29 is 9.84 Å². The van der Waals surface area contributed by atoms with Gasteiger partial charge in [-0.25, -0.2) is 4.98 Å². The van der Waals surface area contributed by atoms with E-state index in [0.29, 0.717) is 5.75 Å². The highest BCUT2D eigenvalue weighted by Gasteiger charge is 2.16. The number of H-pyrrole nitrogens is 1. The van der Waals surface area contributed by atoms with Crippen LogP contribution in [-0.2, 0) is 0 Å². The lowest BCUT2D eigenvalue weighted by atomic mass is 10.1. The van der Waals surface area contributed by atoms with Crippen LogP contribution in [0.4, 0.5) is 0 Å². The summed E-state index contributed by atoms with van der Waals surface area (Å²) < 4.78 is 5.34. The van der Waals surface area contributed by atoms with E-state index in [1.807, 2.05) is 42.5 Å². The van der Waals surface area contributed by atoms with Crippen molar-refractivity contribution in [3.8, 4) is 5.75 Å². The first-order valence-electron chi connectivity index (χ1n) is 6.66. The molecule has 1 heterocycles. The molecule has 3 rings (SSSR count). The summed E-state index contributed by atoms with van der Waals surface area (Å²) in [6, 6.07) is 13.6. The molecule has 0 bridgehead atoms. The normalized spacial score (nSPS) is 12.5. The number of aliphatic hydroxyl groups is 1. The van der Waals surface area contributed by atoms with Crippen LogP contribution < -0.4 is 4.74 Å². The van der Waals surface area contributed by atoms with E-state index in [1.165, 1.54) is 11.8 Å². The monoisotopic (exact) mass is 300 g/mol. The van der Waals surface area contributed by atoms with E-state index < -0.39 is 6.10 Å². The summed E-state index contributed by atoms with van der Waals surface area (Å²) in [5, 5.41) is 10.8. The zero-order chi connectivity index (χ0) is 14.8. The third-order valence-corrected chi connectivity index (χ3v) is 4.20. The Hall–Kier alpha value is -1.98. The number of imidazole rings is 1. The maximum atomic E-state index is 10.0. The third-order valence-electron chi connectivity index (χ3n) is 3.24. The molecule has 0 fully saturated rings. The first-order valence-corrected chi connectivity index (χ1v) is 7.48. The van der Waals surface area contributed by atoms with Gasteiger partial charge in [-0.1, -0.05) is 30.0 Å². The van der Waals surface area contributed by atoms with Gasteiger partial charge in [0.1, 0.15) is 5.75 Å². The van der Waals surface area contributed by atoms with Crippen LogP contribution in [0.2, 0.25) is 0 Å². The Labute approximate surface area is 127 Å². The molecule has 1 atom stereocenters. The number of hydrogen-bond donors (Lipinski definition) is 2. The van der Waals surface area contributed by atoms with E-state index in [2.05, 4.69) is 9.97 Å². The van der Waals surface area contributed by atoms with Crippen LogP contribution in [0.1, 0.15) is 18.6 Å². The highest BCUT2D eigenvalue weighted by molar-refractivity contribution is 7.99. The number of hydrogen-bond acceptors (Lipinski definition) is 4. The molecule has 0 saturated heterocycles. The first kappa shape index (κ1) is 14.0. The Balaban J connectivity index is 2.01. The molecule has 0 saturated carbocycles. The lowest BCUT2D eigenvalue weighted by molar-refractivity contribution is 0.191. The molecular formula is C16H16N2O2S. The Kier molecular flexibility index (Phi) is 3.86. The maximum absolute atomic E-state index is 10.0. The number of aliphatic hydroxyl groups excluding tert-OH is 1. The maximum Gasteiger partial charge on any atom is 0.171 e. The van der Waals surface area contributed by atoms with E-state index >= 15 is 0 Å². The molecule has 0 aliphatic heterocycles. The second-order valence-electron chi connectivity index (χ2n) is 4.71. The highest BCUT2D eigenvalue weighted by atomic mass is 32.2. The second-order valence-corrected chi connectivity index (χ2v) is 5.74. The van der Waals surface area contributed by atoms with Crippen LogP contribution in [0, 0.1) is 0 Å². The molecule has 0 radical (unpaired) electrons. The van der Waals surface area contributed by atoms with Crippen LogP contribution in [0.25, 0.3) is 11.0 Å². The van der Waals surface area contributed by atoms with Crippen LogP contribution in [0.3, 0.4) is 0 Å². The highest BCUT2D eigenvalue weighted by Crippen LogP contribution is 2.37. The standard InChI is InChI=1S/C16H16N2O2S/c1-10(19)15-13(20-2)8-5-9-14(15)21-16-17-11-6-3-4-7-12(11)18-16/h3-10,19H,1-2H3,(H,17,18)/t10-/m0/s1. The van der Waals surface area contributed by atoms with E-state index in [4.69, 9.17) is 4.74 Å². The minimum absolute atomic E-state index is 0.604. The van der Waals surface area contributed by atoms with Gasteiger partial charge in [0.15, 0.2) is 5.16 Å². The summed E-state index contributed by atoms with van der Waals surface area (Å²) in [5.74, 6) is 0.686. The Morgan fingerprint density at radius 2 is 2.00 bits per heavy atom. The quantitative estimate of drug-likeness (QED) is 0.770. The summed E-state index contributed by atoms with van der Waals surface area (Å²) in [6.07, 6.45) is -0.604. The molecule has 108 valence electrons. The summed E-state index contributed by atoms with van der Waals surface area (Å²) >= 11 is 1.49. The molecule has 2 N–H and O–H groups in total. The molecule has 1 aromatic heterocycles. The molecule has 0 unspecified atom stereocenters. The number of rotatable bonds is 4. The number of fused-ring (bicyclic) bond motifs is 1. The van der Waals surface area contributed by atoms with Crippen molar-refractivity contribution >= 4 is 22.8 Å². The fourth-order valence-electron chi connectivity index (χ4n) is 2.28. The Morgan fingerprint density at radius 3 is 2.71 bits per heavy atom. The number of aromatic amines is 1. The van der Waals surface area contributed by atoms with Gasteiger partial charge >= 0.3 is 0 Å². The minimum atomic E-state index is -0.604. The number of nitrogens with zero attached hydrogens (tertiary/aromatic N) is 1. The number of methoxy groups -OCH3 is 1. The van der Waals surface area contributed by atoms with E-state index in [1.54, 1.807) is 14.0 Å². The summed E-state index contributed by atoms with van der Waals surface area (Å²) in [7, 11) is 1.61. The lowest BCUT2D eigenvalue weighted by Gasteiger charge is -2.14. The van der Waals surface area contributed by atoms with E-state index in [0.717, 1.165) is 26.6 Å². The van der Waals surface area contributed by atoms with Crippen molar-refractivity contribution in [3.05, 3.63) is 48.0 Å². The number of aromatic nitrogens is 2. The molecule has 0 amide bonds. The zero-order valence-corrected chi connectivity index (χ0v) is 12.6. The molecule has 2 aromatic carbocycles. The summed E-state index contributed by atoms with van der Waals surface area (Å²) in [5.41, 5.74) is 2.72. The number of benzene rings is 2. The summed E-state index contributed by atoms with van der Waals surface area (Å²) in [6.45, 7) is 1.74. The van der Waals surface area contributed by atoms with Gasteiger partial charge in [0.2, 0.25) is 0 Å². The van der Waals surface area contributed by atoms with Crippen molar-refractivity contribution in [2.45, 2.75) is 23.1 Å². The summed E-state index contributed by atoms with van der Waals surface area (Å²) in [4.78, 5) is 8.76. The van der Waals surface area contributed by atoms with Crippen molar-refractivity contribution in [3.63, 3.8) is 0 Å². The molecular weight excluding hydrogens is 284 g/mol. The lowest BCUT2D eigenvalue weighted by Crippen LogP contribution is -1.98. The molecule has 0 aliphatic rings. The fraction of sp³-hybridized carbons (Fsp3) is 0.188. The third kappa shape index (κ3) is 2.75. The van der Waals surface area contributed by atoms with E-state index in [-0.39, 0.29) is 0 Å². The van der Waals surface area contributed by atoms with Crippen LogP contribution in [0.15, 0.2) is 52.5 Å². The molecule has 0 spiro atoms. The van der Waals surface area contributed by atoms with Crippen molar-refractivity contribution in [2.24, 2.45) is 0 Å². The van der Waals surface area contributed by atoms with Crippen LogP contribution in [-0.4, -0.2) is 22.2 Å². The molecule has 5 heteroatoms. The second kappa shape index (κ2) is 5.79. The molecule has 0 aliphatic carbocycles. The average Bonchev–Trinajstić information content (AvgIpc) is 2.88. The first-order chi connectivity index (χ1) is 10.2. The van der Waals surface area contributed by atoms with Gasteiger partial charge in [0.25, 0.3) is 0 Å². The number of nitrogens with one attached hydrogen (secondary N) is 1. The van der Waals surface area contributed by atoms with Crippen molar-refractivity contribution in [1.29, 1.82) is 0 Å². The topological polar surface area (TPSA) is 58.1 Å². The minimum Gasteiger partial charge on any atom is -0.496 e. The Morgan fingerprint density at radius 1 is 1.19 bits per heavy atom. The predicted octanol–water partition coefficient (Wildman–Crippen LogP) is 3.78. The van der Waals surface area contributed by atoms with Crippen molar-refractivity contribution in [2.75, 3.05) is 7.11 Å². The predicted molar refractivity (Wildman–Crippen MR) is 83.8 cm³/mol. The number of ether oxygens (including phenoxy) is 1. The van der Waals surface area contributed by atoms with Gasteiger partial charge in [-0.15, -0.1) is 0 Å².